The molecule has 0 saturated carbocycles. The summed E-state index contributed by atoms with van der Waals surface area (Å²) in [7, 11) is 0. The fraction of sp³-hybridized carbons (Fsp3) is 0.364. The summed E-state index contributed by atoms with van der Waals surface area (Å²) >= 11 is 5.52. The number of carbonyl (C=O) groups excluding carboxylic acids is 1. The van der Waals surface area contributed by atoms with Crippen molar-refractivity contribution >= 4 is 23.1 Å². The molecular weight excluding hydrogens is 214 g/mol. The van der Waals surface area contributed by atoms with Crippen molar-refractivity contribution in [3.8, 4) is 5.75 Å². The highest BCUT2D eigenvalue weighted by Gasteiger charge is 2.11. The number of halogens is 1. The maximum absolute atomic E-state index is 11.6. The minimum Gasteiger partial charge on any atom is -0.493 e. The standard InChI is InChI=1S/C11H14ClNO2/c1-2-15-11-7-8(13)3-4-9(11)10(14)5-6-12/h3-4,7H,2,5-6,13H2,1H3. The van der Waals surface area contributed by atoms with E-state index in [1.165, 1.54) is 0 Å². The van der Waals surface area contributed by atoms with Gasteiger partial charge in [0.05, 0.1) is 12.2 Å². The minimum absolute atomic E-state index is 0.0200. The number of ether oxygens (including phenoxy) is 1. The molecule has 0 aromatic heterocycles. The Balaban J connectivity index is 2.99. The minimum atomic E-state index is -0.0200. The van der Waals surface area contributed by atoms with E-state index in [4.69, 9.17) is 22.1 Å². The van der Waals surface area contributed by atoms with Crippen LogP contribution in [0.15, 0.2) is 18.2 Å². The molecule has 0 aliphatic rings. The van der Waals surface area contributed by atoms with Crippen molar-refractivity contribution in [1.29, 1.82) is 0 Å². The summed E-state index contributed by atoms with van der Waals surface area (Å²) in [6.45, 7) is 2.36. The monoisotopic (exact) mass is 227 g/mol. The smallest absolute Gasteiger partial charge is 0.167 e. The number of nitrogens with two attached hydrogens (primary N) is 1. The number of rotatable bonds is 5. The second-order valence-electron chi connectivity index (χ2n) is 3.05. The number of Topliss-reactive ketones (excluding diaryl/α,β-unsaturated/α-hetero) is 1. The first-order chi connectivity index (χ1) is 7.19. The van der Waals surface area contributed by atoms with Crippen molar-refractivity contribution in [3.05, 3.63) is 23.8 Å². The summed E-state index contributed by atoms with van der Waals surface area (Å²) < 4.78 is 5.34. The number of ketones is 1. The average molecular weight is 228 g/mol. The second kappa shape index (κ2) is 5.61. The van der Waals surface area contributed by atoms with Crippen LogP contribution in [-0.4, -0.2) is 18.3 Å². The number of alkyl halides is 1. The Kier molecular flexibility index (Phi) is 4.43. The van der Waals surface area contributed by atoms with Gasteiger partial charge >= 0.3 is 0 Å². The van der Waals surface area contributed by atoms with Gasteiger partial charge in [-0.2, -0.15) is 0 Å². The molecule has 15 heavy (non-hydrogen) atoms. The fourth-order valence-corrected chi connectivity index (χ4v) is 1.44. The predicted molar refractivity (Wildman–Crippen MR) is 61.7 cm³/mol. The van der Waals surface area contributed by atoms with Gasteiger partial charge in [0.1, 0.15) is 5.75 Å². The molecule has 1 rings (SSSR count). The van der Waals surface area contributed by atoms with E-state index in [-0.39, 0.29) is 5.78 Å². The van der Waals surface area contributed by atoms with Crippen LogP contribution in [0.25, 0.3) is 0 Å². The number of nitrogen functional groups attached to an aromatic ring is 1. The Morgan fingerprint density at radius 1 is 1.53 bits per heavy atom. The van der Waals surface area contributed by atoms with Gasteiger partial charge in [0.15, 0.2) is 5.78 Å². The summed E-state index contributed by atoms with van der Waals surface area (Å²) in [6.07, 6.45) is 0.311. The van der Waals surface area contributed by atoms with Gasteiger partial charge in [-0.3, -0.25) is 4.79 Å². The Hall–Kier alpha value is -1.22. The average Bonchev–Trinajstić information content (AvgIpc) is 2.18. The summed E-state index contributed by atoms with van der Waals surface area (Å²) in [5.41, 5.74) is 6.75. The van der Waals surface area contributed by atoms with E-state index >= 15 is 0 Å². The molecule has 0 heterocycles. The molecule has 3 nitrogen and oxygen atoms in total. The van der Waals surface area contributed by atoms with Gasteiger partial charge in [0, 0.05) is 24.1 Å². The quantitative estimate of drug-likeness (QED) is 0.478. The Morgan fingerprint density at radius 3 is 2.87 bits per heavy atom. The zero-order chi connectivity index (χ0) is 11.3. The lowest BCUT2D eigenvalue weighted by molar-refractivity contribution is 0.0985. The van der Waals surface area contributed by atoms with E-state index < -0.39 is 0 Å². The van der Waals surface area contributed by atoms with Gasteiger partial charge in [-0.15, -0.1) is 11.6 Å². The maximum Gasteiger partial charge on any atom is 0.167 e. The third kappa shape index (κ3) is 3.13. The Morgan fingerprint density at radius 2 is 2.27 bits per heavy atom. The van der Waals surface area contributed by atoms with Gasteiger partial charge < -0.3 is 10.5 Å². The highest BCUT2D eigenvalue weighted by molar-refractivity contribution is 6.19. The van der Waals surface area contributed by atoms with Crippen molar-refractivity contribution in [2.24, 2.45) is 0 Å². The molecule has 1 aromatic rings. The first-order valence-corrected chi connectivity index (χ1v) is 5.34. The zero-order valence-corrected chi connectivity index (χ0v) is 9.38. The molecule has 0 bridgehead atoms. The van der Waals surface area contributed by atoms with Crippen LogP contribution in [0.1, 0.15) is 23.7 Å². The number of carbonyl (C=O) groups is 1. The SMILES string of the molecule is CCOc1cc(N)ccc1C(=O)CCCl. The van der Waals surface area contributed by atoms with Crippen LogP contribution in [0.4, 0.5) is 5.69 Å². The summed E-state index contributed by atoms with van der Waals surface area (Å²) in [6, 6.07) is 5.02. The lowest BCUT2D eigenvalue weighted by Gasteiger charge is -2.09. The maximum atomic E-state index is 11.6. The third-order valence-corrected chi connectivity index (χ3v) is 2.12. The molecule has 82 valence electrons. The van der Waals surface area contributed by atoms with Crippen molar-refractivity contribution in [2.75, 3.05) is 18.2 Å². The van der Waals surface area contributed by atoms with Crippen molar-refractivity contribution in [2.45, 2.75) is 13.3 Å². The molecule has 0 fully saturated rings. The molecule has 2 N–H and O–H groups in total. The molecule has 4 heteroatoms. The number of benzene rings is 1. The van der Waals surface area contributed by atoms with Gasteiger partial charge in [-0.1, -0.05) is 0 Å². The summed E-state index contributed by atoms with van der Waals surface area (Å²) in [4.78, 5) is 11.6. The van der Waals surface area contributed by atoms with Crippen LogP contribution in [-0.2, 0) is 0 Å². The van der Waals surface area contributed by atoms with Gasteiger partial charge in [-0.05, 0) is 19.1 Å². The van der Waals surface area contributed by atoms with Crippen LogP contribution >= 0.6 is 11.6 Å². The predicted octanol–water partition coefficient (Wildman–Crippen LogP) is 2.48. The van der Waals surface area contributed by atoms with Crippen molar-refractivity contribution in [1.82, 2.24) is 0 Å². The zero-order valence-electron chi connectivity index (χ0n) is 8.63. The number of anilines is 1. The second-order valence-corrected chi connectivity index (χ2v) is 3.43. The first kappa shape index (κ1) is 11.9. The van der Waals surface area contributed by atoms with Crippen LogP contribution in [0.5, 0.6) is 5.75 Å². The molecule has 0 radical (unpaired) electrons. The highest BCUT2D eigenvalue weighted by atomic mass is 35.5. The number of hydrogen-bond donors (Lipinski definition) is 1. The molecule has 0 aliphatic heterocycles. The van der Waals surface area contributed by atoms with Crippen LogP contribution in [0.3, 0.4) is 0 Å². The molecule has 0 amide bonds. The van der Waals surface area contributed by atoms with Crippen LogP contribution in [0.2, 0.25) is 0 Å². The van der Waals surface area contributed by atoms with Gasteiger partial charge in [0.25, 0.3) is 0 Å². The Labute approximate surface area is 94.2 Å². The van der Waals surface area contributed by atoms with E-state index in [1.54, 1.807) is 18.2 Å². The summed E-state index contributed by atoms with van der Waals surface area (Å²) in [5.74, 6) is 0.829. The highest BCUT2D eigenvalue weighted by Crippen LogP contribution is 2.23. The van der Waals surface area contributed by atoms with E-state index in [2.05, 4.69) is 0 Å². The molecular formula is C11H14ClNO2. The molecule has 0 aliphatic carbocycles. The fourth-order valence-electron chi connectivity index (χ4n) is 1.26. The molecule has 0 spiro atoms. The van der Waals surface area contributed by atoms with Gasteiger partial charge in [-0.25, -0.2) is 0 Å². The lowest BCUT2D eigenvalue weighted by atomic mass is 10.1. The summed E-state index contributed by atoms with van der Waals surface area (Å²) in [5, 5.41) is 0. The van der Waals surface area contributed by atoms with Crippen molar-refractivity contribution < 1.29 is 9.53 Å². The van der Waals surface area contributed by atoms with E-state index in [1.807, 2.05) is 6.92 Å². The molecule has 0 unspecified atom stereocenters. The van der Waals surface area contributed by atoms with Crippen molar-refractivity contribution in [3.63, 3.8) is 0 Å². The molecule has 1 aromatic carbocycles. The largest absolute Gasteiger partial charge is 0.493 e. The lowest BCUT2D eigenvalue weighted by Crippen LogP contribution is -2.05. The van der Waals surface area contributed by atoms with Crippen LogP contribution in [0, 0.1) is 0 Å². The Bertz CT molecular complexity index is 352. The normalized spacial score (nSPS) is 10.0. The van der Waals surface area contributed by atoms with E-state index in [0.29, 0.717) is 35.9 Å². The molecule has 0 atom stereocenters. The third-order valence-electron chi connectivity index (χ3n) is 1.93. The topological polar surface area (TPSA) is 52.3 Å². The number of hydrogen-bond acceptors (Lipinski definition) is 3. The molecule has 0 saturated heterocycles. The van der Waals surface area contributed by atoms with E-state index in [9.17, 15) is 4.79 Å². The first-order valence-electron chi connectivity index (χ1n) is 4.80. The van der Waals surface area contributed by atoms with Gasteiger partial charge in [0.2, 0.25) is 0 Å². The van der Waals surface area contributed by atoms with E-state index in [0.717, 1.165) is 0 Å². The van der Waals surface area contributed by atoms with Crippen LogP contribution < -0.4 is 10.5 Å².